The van der Waals surface area contributed by atoms with Crippen molar-refractivity contribution in [2.75, 3.05) is 26.3 Å². The first-order valence-electron chi connectivity index (χ1n) is 28.5. The summed E-state index contributed by atoms with van der Waals surface area (Å²) >= 11 is 0. The summed E-state index contributed by atoms with van der Waals surface area (Å²) in [6, 6.07) is -3.45. The van der Waals surface area contributed by atoms with Crippen LogP contribution in [-0.4, -0.2) is 205 Å². The minimum atomic E-state index is -1.88. The molecule has 2 unspecified atom stereocenters. The van der Waals surface area contributed by atoms with Gasteiger partial charge in [-0.3, -0.25) is 52.7 Å². The van der Waals surface area contributed by atoms with E-state index in [-0.39, 0.29) is 44.5 Å². The number of aromatic hydroxyl groups is 1. The third-order valence-corrected chi connectivity index (χ3v) is 15.2. The number of rotatable bonds is 17. The second-order valence-corrected chi connectivity index (χ2v) is 21.7. The summed E-state index contributed by atoms with van der Waals surface area (Å²) < 4.78 is 0. The lowest BCUT2D eigenvalue weighted by Gasteiger charge is -2.35. The number of carboxylic acid groups (broad SMARTS) is 1. The summed E-state index contributed by atoms with van der Waals surface area (Å²) in [4.78, 5) is 170. The van der Waals surface area contributed by atoms with Crippen molar-refractivity contribution in [1.29, 1.82) is 0 Å². The normalized spacial score (nSPS) is 26.2. The van der Waals surface area contributed by atoms with E-state index in [2.05, 4.69) is 42.5 Å². The molecule has 13 atom stereocenters. The molecule has 17 N–H and O–H groups in total. The van der Waals surface area contributed by atoms with Gasteiger partial charge in [-0.25, -0.2) is 4.79 Å². The molecule has 0 radical (unpaired) electrons. The maximum atomic E-state index is 14.7. The fourth-order valence-corrected chi connectivity index (χ4v) is 10.1. The Labute approximate surface area is 496 Å². The van der Waals surface area contributed by atoms with E-state index >= 15 is 0 Å². The second-order valence-electron chi connectivity index (χ2n) is 21.7. The molecular formula is C57H80N12O17. The van der Waals surface area contributed by atoms with Crippen molar-refractivity contribution in [3.63, 3.8) is 0 Å². The minimum absolute atomic E-state index is 0.0479. The number of phenols is 1. The predicted octanol–water partition coefficient (Wildman–Crippen LogP) is -4.52. The molecule has 2 fully saturated rings. The average molecular weight is 1210 g/mol. The number of fused-ring (bicyclic) bond motifs is 2. The summed E-state index contributed by atoms with van der Waals surface area (Å²) in [7, 11) is 0. The van der Waals surface area contributed by atoms with Crippen molar-refractivity contribution in [3.05, 3.63) is 77.9 Å². The van der Waals surface area contributed by atoms with Crippen LogP contribution in [0.4, 0.5) is 0 Å². The number of primary amides is 1. The number of carbonyl (C=O) groups is 12. The molecular weight excluding hydrogens is 1120 g/mol. The monoisotopic (exact) mass is 1200 g/mol. The first kappa shape index (κ1) is 68.2. The SMILES string of the molecule is CC[C@H](C)[C@@H]1NC(=O)[C@H](CO)NC(=O)C(Cc2ccccc2)NC(=O)[C@H]([C@@H](C)O)NC(=O)[C@H](NC(=O)[C@@H](N)CO)C/C=C/C[C@H](C(=O)N[C@@H](Cc2ccc(O)cc2)C(=O)O)NC(=O)C(CCC(N)=O)NC(=O)[C@@H]2CCCN2C(=O)[C@@H]2CCCN2C1=O. The van der Waals surface area contributed by atoms with E-state index in [1.54, 1.807) is 44.2 Å². The van der Waals surface area contributed by atoms with E-state index in [1.807, 2.05) is 0 Å². The molecule has 2 saturated heterocycles. The van der Waals surface area contributed by atoms with Crippen LogP contribution in [0.5, 0.6) is 5.75 Å². The van der Waals surface area contributed by atoms with Crippen LogP contribution >= 0.6 is 0 Å². The molecule has 29 heteroatoms. The van der Waals surface area contributed by atoms with Crippen molar-refractivity contribution in [1.82, 2.24) is 52.3 Å². The third-order valence-electron chi connectivity index (χ3n) is 15.2. The molecule has 86 heavy (non-hydrogen) atoms. The third kappa shape index (κ3) is 19.2. The number of aliphatic hydroxyl groups excluding tert-OH is 3. The first-order chi connectivity index (χ1) is 40.9. The number of aliphatic hydroxyl groups is 3. The maximum Gasteiger partial charge on any atom is 0.326 e. The van der Waals surface area contributed by atoms with E-state index in [0.29, 0.717) is 30.4 Å². The zero-order valence-corrected chi connectivity index (χ0v) is 48.1. The van der Waals surface area contributed by atoms with E-state index < -0.39 is 188 Å². The molecule has 2 aromatic rings. The minimum Gasteiger partial charge on any atom is -0.508 e. The fraction of sp³-hybridized carbons (Fsp3) is 0.544. The topological polar surface area (TPSA) is 461 Å². The van der Waals surface area contributed by atoms with Gasteiger partial charge in [-0.15, -0.1) is 0 Å². The van der Waals surface area contributed by atoms with Gasteiger partial charge in [0.15, 0.2) is 0 Å². The van der Waals surface area contributed by atoms with Gasteiger partial charge in [0, 0.05) is 32.4 Å². The zero-order valence-electron chi connectivity index (χ0n) is 48.1. The lowest BCUT2D eigenvalue weighted by molar-refractivity contribution is -0.149. The molecule has 0 spiro atoms. The summed E-state index contributed by atoms with van der Waals surface area (Å²) in [6.45, 7) is 2.77. The van der Waals surface area contributed by atoms with Crippen molar-refractivity contribution in [2.45, 2.75) is 164 Å². The number of aliphatic carboxylic acids is 1. The lowest BCUT2D eigenvalue weighted by Crippen LogP contribution is -2.62. The van der Waals surface area contributed by atoms with Crippen molar-refractivity contribution < 1.29 is 83.1 Å². The molecule has 0 aliphatic carbocycles. The molecule has 5 rings (SSSR count). The predicted molar refractivity (Wildman–Crippen MR) is 305 cm³/mol. The average Bonchev–Trinajstić information content (AvgIpc) is 2.58. The summed E-state index contributed by atoms with van der Waals surface area (Å²) in [6.07, 6.45) is -0.455. The standard InChI is InChI=1S/C57H80N12O17/c1-4-30(2)45-56(84)69-25-11-17-43(69)55(83)68-24-10-16-42(68)53(81)62-38(22-23-44(59)74)49(77)61-36(48(76)64-40(57(85)86)27-33-18-20-34(73)21-19-33)14-8-9-15-37(60-47(75)35(58)28-70)50(78)67-46(31(3)72)54(82)63-39(26-32-12-6-5-7-13-32)51(79)65-41(29-71)52(80)66-45/h5-9,12-13,18-21,30-31,35-43,45-46,70-73H,4,10-11,14-17,22-29,58H2,1-3H3,(H2,59,74)(H,60,75)(H,61,77)(H,62,81)(H,63,82)(H,64,76)(H,65,79)(H,66,80)(H,67,78)(H,85,86)/b9-8+/t30-,31+,35-,36+,37+,38?,39?,40-,41-,42-,43-,45-,46-/m0/s1. The van der Waals surface area contributed by atoms with Crippen LogP contribution < -0.4 is 54.0 Å². The smallest absolute Gasteiger partial charge is 0.326 e. The highest BCUT2D eigenvalue weighted by atomic mass is 16.4. The Kier molecular flexibility index (Phi) is 25.9. The van der Waals surface area contributed by atoms with Gasteiger partial charge >= 0.3 is 5.97 Å². The van der Waals surface area contributed by atoms with Gasteiger partial charge in [0.05, 0.1) is 19.3 Å². The highest BCUT2D eigenvalue weighted by Gasteiger charge is 2.45. The lowest BCUT2D eigenvalue weighted by atomic mass is 9.96. The number of hydrogen-bond acceptors (Lipinski definition) is 17. The molecule has 29 nitrogen and oxygen atoms in total. The molecule has 3 aliphatic heterocycles. The highest BCUT2D eigenvalue weighted by Crippen LogP contribution is 2.27. The van der Waals surface area contributed by atoms with Gasteiger partial charge in [0.2, 0.25) is 65.0 Å². The summed E-state index contributed by atoms with van der Waals surface area (Å²) in [5.74, 6) is -12.8. The van der Waals surface area contributed by atoms with E-state index in [9.17, 15) is 83.1 Å². The second kappa shape index (κ2) is 32.7. The first-order valence-corrected chi connectivity index (χ1v) is 28.5. The number of benzene rings is 2. The van der Waals surface area contributed by atoms with E-state index in [1.165, 1.54) is 46.2 Å². The number of nitrogens with one attached hydrogen (secondary N) is 8. The summed E-state index contributed by atoms with van der Waals surface area (Å²) in [5, 5.41) is 71.0. The largest absolute Gasteiger partial charge is 0.508 e. The number of carbonyl (C=O) groups excluding carboxylic acids is 11. The van der Waals surface area contributed by atoms with Crippen LogP contribution in [0.15, 0.2) is 66.7 Å². The maximum absolute atomic E-state index is 14.7. The van der Waals surface area contributed by atoms with Crippen LogP contribution in [0, 0.1) is 5.92 Å². The quantitative estimate of drug-likeness (QED) is 0.0664. The molecule has 3 heterocycles. The van der Waals surface area contributed by atoms with Crippen LogP contribution in [0.3, 0.4) is 0 Å². The Morgan fingerprint density at radius 3 is 1.87 bits per heavy atom. The fourth-order valence-electron chi connectivity index (χ4n) is 10.1. The highest BCUT2D eigenvalue weighted by molar-refractivity contribution is 5.99. The molecule has 0 saturated carbocycles. The Bertz CT molecular complexity index is 2790. The molecule has 11 amide bonds. The van der Waals surface area contributed by atoms with Gasteiger partial charge in [0.1, 0.15) is 72.2 Å². The molecule has 470 valence electrons. The van der Waals surface area contributed by atoms with E-state index in [0.717, 1.165) is 6.92 Å². The van der Waals surface area contributed by atoms with Crippen molar-refractivity contribution in [3.8, 4) is 5.75 Å². The number of carboxylic acids is 1. The molecule has 2 aromatic carbocycles. The number of phenolic OH excluding ortho intramolecular Hbond substituents is 1. The molecule has 3 aliphatic rings. The Balaban J connectivity index is 1.59. The summed E-state index contributed by atoms with van der Waals surface area (Å²) in [5.41, 5.74) is 12.1. The molecule has 0 aromatic heterocycles. The molecule has 0 bridgehead atoms. The van der Waals surface area contributed by atoms with Crippen LogP contribution in [0.1, 0.15) is 89.7 Å². The van der Waals surface area contributed by atoms with Crippen molar-refractivity contribution in [2.24, 2.45) is 17.4 Å². The van der Waals surface area contributed by atoms with Crippen LogP contribution in [0.25, 0.3) is 0 Å². The van der Waals surface area contributed by atoms with Gasteiger partial charge in [-0.05, 0) is 81.0 Å². The number of nitrogens with two attached hydrogens (primary N) is 2. The number of nitrogens with zero attached hydrogens (tertiary/aromatic N) is 2. The number of hydrogen-bond donors (Lipinski definition) is 15. The van der Waals surface area contributed by atoms with Gasteiger partial charge in [0.25, 0.3) is 0 Å². The van der Waals surface area contributed by atoms with Gasteiger partial charge in [-0.1, -0.05) is 74.9 Å². The van der Waals surface area contributed by atoms with Crippen LogP contribution in [-0.2, 0) is 70.4 Å². The number of amides is 11. The van der Waals surface area contributed by atoms with Gasteiger partial charge < -0.3 is 89.3 Å². The van der Waals surface area contributed by atoms with Crippen LogP contribution in [0.2, 0.25) is 0 Å². The van der Waals surface area contributed by atoms with Gasteiger partial charge in [-0.2, -0.15) is 0 Å². The Morgan fingerprint density at radius 1 is 0.686 bits per heavy atom. The zero-order chi connectivity index (χ0) is 63.4. The van der Waals surface area contributed by atoms with Crippen molar-refractivity contribution >= 4 is 70.9 Å². The van der Waals surface area contributed by atoms with E-state index in [4.69, 9.17) is 11.5 Å². The Hall–Kier alpha value is -8.54. The Morgan fingerprint density at radius 2 is 1.27 bits per heavy atom.